The Balaban J connectivity index is 1.57. The number of amides is 3. The van der Waals surface area contributed by atoms with Crippen LogP contribution in [-0.2, 0) is 9.59 Å². The summed E-state index contributed by atoms with van der Waals surface area (Å²) in [7, 11) is 0. The van der Waals surface area contributed by atoms with E-state index in [0.717, 1.165) is 22.2 Å². The van der Waals surface area contributed by atoms with Gasteiger partial charge in [-0.15, -0.1) is 0 Å². The van der Waals surface area contributed by atoms with Crippen LogP contribution in [0.3, 0.4) is 0 Å². The molecule has 0 aromatic heterocycles. The molecule has 1 saturated heterocycles. The molecule has 0 saturated carbocycles. The van der Waals surface area contributed by atoms with Gasteiger partial charge < -0.3 is 10.1 Å². The van der Waals surface area contributed by atoms with Gasteiger partial charge in [-0.05, 0) is 61.0 Å². The second-order valence-electron chi connectivity index (χ2n) is 7.17. The van der Waals surface area contributed by atoms with E-state index in [1.54, 1.807) is 13.0 Å². The molecule has 1 aliphatic rings. The normalized spacial score (nSPS) is 15.6. The molecule has 0 bridgehead atoms. The van der Waals surface area contributed by atoms with Crippen molar-refractivity contribution >= 4 is 52.2 Å². The number of nitrogens with one attached hydrogen (secondary N) is 1. The maximum atomic E-state index is 12.6. The molecule has 0 aliphatic carbocycles. The Bertz CT molecular complexity index is 1150. The fourth-order valence-electron chi connectivity index (χ4n) is 2.98. The van der Waals surface area contributed by atoms with E-state index in [9.17, 15) is 24.5 Å². The number of carbonyl (C=O) groups is 3. The van der Waals surface area contributed by atoms with Crippen molar-refractivity contribution < 1.29 is 24.0 Å². The number of carbonyl (C=O) groups excluding carboxylic acids is 3. The van der Waals surface area contributed by atoms with Crippen LogP contribution in [0, 0.1) is 17.0 Å². The van der Waals surface area contributed by atoms with Gasteiger partial charge >= 0.3 is 0 Å². The van der Waals surface area contributed by atoms with Crippen molar-refractivity contribution in [2.45, 2.75) is 20.0 Å². The average molecular weight is 490 g/mol. The second kappa shape index (κ2) is 10.5. The number of ether oxygens (including phenoxy) is 1. The molecule has 1 fully saturated rings. The number of nitrogens with zero attached hydrogens (tertiary/aromatic N) is 2. The number of halogens is 1. The Morgan fingerprint density at radius 2 is 2.06 bits per heavy atom. The van der Waals surface area contributed by atoms with Gasteiger partial charge in [0.2, 0.25) is 0 Å². The van der Waals surface area contributed by atoms with Crippen LogP contribution in [0.5, 0.6) is 5.75 Å². The van der Waals surface area contributed by atoms with E-state index in [0.29, 0.717) is 11.3 Å². The van der Waals surface area contributed by atoms with E-state index in [2.05, 4.69) is 5.32 Å². The van der Waals surface area contributed by atoms with E-state index in [1.165, 1.54) is 24.3 Å². The van der Waals surface area contributed by atoms with Gasteiger partial charge in [-0.25, -0.2) is 0 Å². The zero-order valence-corrected chi connectivity index (χ0v) is 19.3. The standard InChI is InChI=1S/C22H20ClN3O6S/c1-13-4-3-5-16(10-13)32-14(2)20(27)24-8-9-25-21(28)19(33-22(25)29)12-15-6-7-17(23)18(11-15)26(30)31/h3-7,10-12,14H,8-9H2,1-2H3,(H,24,27)/b19-12-. The summed E-state index contributed by atoms with van der Waals surface area (Å²) < 4.78 is 5.61. The fraction of sp³-hybridized carbons (Fsp3) is 0.227. The number of hydrogen-bond acceptors (Lipinski definition) is 7. The van der Waals surface area contributed by atoms with Crippen LogP contribution in [0.1, 0.15) is 18.1 Å². The van der Waals surface area contributed by atoms with Gasteiger partial charge in [0, 0.05) is 19.2 Å². The molecule has 0 radical (unpaired) electrons. The lowest BCUT2D eigenvalue weighted by Crippen LogP contribution is -2.41. The van der Waals surface area contributed by atoms with E-state index >= 15 is 0 Å². The first-order chi connectivity index (χ1) is 15.7. The van der Waals surface area contributed by atoms with Gasteiger partial charge in [-0.2, -0.15) is 0 Å². The monoisotopic (exact) mass is 489 g/mol. The van der Waals surface area contributed by atoms with Crippen LogP contribution in [0.25, 0.3) is 6.08 Å². The molecule has 33 heavy (non-hydrogen) atoms. The maximum Gasteiger partial charge on any atom is 0.293 e. The molecule has 9 nitrogen and oxygen atoms in total. The van der Waals surface area contributed by atoms with Gasteiger partial charge in [0.15, 0.2) is 6.10 Å². The molecule has 2 aromatic rings. The number of aryl methyl sites for hydroxylation is 1. The van der Waals surface area contributed by atoms with E-state index < -0.39 is 22.2 Å². The summed E-state index contributed by atoms with van der Waals surface area (Å²) in [6.07, 6.45) is 0.632. The quantitative estimate of drug-likeness (QED) is 0.335. The SMILES string of the molecule is Cc1cccc(OC(C)C(=O)NCCN2C(=O)S/C(=C\c3ccc(Cl)c([N+](=O)[O-])c3)C2=O)c1. The van der Waals surface area contributed by atoms with E-state index in [1.807, 2.05) is 25.1 Å². The molecular weight excluding hydrogens is 470 g/mol. The Kier molecular flexibility index (Phi) is 7.72. The molecular formula is C22H20ClN3O6S. The number of thioether (sulfide) groups is 1. The molecule has 0 spiro atoms. The topological polar surface area (TPSA) is 119 Å². The Morgan fingerprint density at radius 1 is 1.30 bits per heavy atom. The van der Waals surface area contributed by atoms with Crippen molar-refractivity contribution in [1.29, 1.82) is 0 Å². The molecule has 172 valence electrons. The predicted octanol–water partition coefficient (Wildman–Crippen LogP) is 4.18. The summed E-state index contributed by atoms with van der Waals surface area (Å²) in [6, 6.07) is 11.4. The highest BCUT2D eigenvalue weighted by atomic mass is 35.5. The highest BCUT2D eigenvalue weighted by Gasteiger charge is 2.35. The number of benzene rings is 2. The third-order valence-corrected chi connectivity index (χ3v) is 5.87. The Hall–Kier alpha value is -3.37. The summed E-state index contributed by atoms with van der Waals surface area (Å²) in [5, 5.41) is 13.2. The van der Waals surface area contributed by atoms with Crippen LogP contribution in [0.15, 0.2) is 47.4 Å². The highest BCUT2D eigenvalue weighted by Crippen LogP contribution is 2.33. The highest BCUT2D eigenvalue weighted by molar-refractivity contribution is 8.18. The van der Waals surface area contributed by atoms with Crippen molar-refractivity contribution in [3.05, 3.63) is 73.6 Å². The fourth-order valence-corrected chi connectivity index (χ4v) is 4.04. The van der Waals surface area contributed by atoms with Gasteiger partial charge in [-0.3, -0.25) is 29.4 Å². The summed E-state index contributed by atoms with van der Waals surface area (Å²) in [5.41, 5.74) is 1.07. The van der Waals surface area contributed by atoms with Crippen molar-refractivity contribution in [2.75, 3.05) is 13.1 Å². The molecule has 3 rings (SSSR count). The van der Waals surface area contributed by atoms with Crippen LogP contribution in [-0.4, -0.2) is 46.1 Å². The predicted molar refractivity (Wildman–Crippen MR) is 125 cm³/mol. The van der Waals surface area contributed by atoms with Gasteiger partial charge in [0.25, 0.3) is 22.7 Å². The van der Waals surface area contributed by atoms with Crippen molar-refractivity contribution in [2.24, 2.45) is 0 Å². The Labute approximate surface area is 198 Å². The lowest BCUT2D eigenvalue weighted by atomic mass is 10.2. The number of rotatable bonds is 8. The smallest absolute Gasteiger partial charge is 0.293 e. The number of nitro benzene ring substituents is 1. The van der Waals surface area contributed by atoms with Crippen LogP contribution in [0.4, 0.5) is 10.5 Å². The minimum absolute atomic E-state index is 0.0221. The Morgan fingerprint density at radius 3 is 2.76 bits per heavy atom. The molecule has 1 heterocycles. The largest absolute Gasteiger partial charge is 0.481 e. The number of nitro groups is 1. The molecule has 1 unspecified atom stereocenters. The van der Waals surface area contributed by atoms with Crippen molar-refractivity contribution in [3.8, 4) is 5.75 Å². The van der Waals surface area contributed by atoms with Crippen LogP contribution < -0.4 is 10.1 Å². The maximum absolute atomic E-state index is 12.6. The lowest BCUT2D eigenvalue weighted by molar-refractivity contribution is -0.384. The first-order valence-corrected chi connectivity index (χ1v) is 11.1. The minimum atomic E-state index is -0.762. The number of imide groups is 1. The first kappa shape index (κ1) is 24.3. The zero-order valence-electron chi connectivity index (χ0n) is 17.7. The molecule has 11 heteroatoms. The average Bonchev–Trinajstić information content (AvgIpc) is 3.02. The second-order valence-corrected chi connectivity index (χ2v) is 8.57. The van der Waals surface area contributed by atoms with E-state index in [4.69, 9.17) is 16.3 Å². The first-order valence-electron chi connectivity index (χ1n) is 9.86. The summed E-state index contributed by atoms with van der Waals surface area (Å²) in [6.45, 7) is 3.55. The third-order valence-electron chi connectivity index (χ3n) is 4.64. The molecule has 1 atom stereocenters. The van der Waals surface area contributed by atoms with Crippen molar-refractivity contribution in [3.63, 3.8) is 0 Å². The van der Waals surface area contributed by atoms with Crippen molar-refractivity contribution in [1.82, 2.24) is 10.2 Å². The van der Waals surface area contributed by atoms with E-state index in [-0.39, 0.29) is 34.6 Å². The third kappa shape index (κ3) is 6.11. The van der Waals surface area contributed by atoms with Gasteiger partial charge in [0.05, 0.1) is 9.83 Å². The lowest BCUT2D eigenvalue weighted by Gasteiger charge is -2.17. The van der Waals surface area contributed by atoms with Crippen LogP contribution in [0.2, 0.25) is 5.02 Å². The summed E-state index contributed by atoms with van der Waals surface area (Å²) in [4.78, 5) is 48.7. The molecule has 1 N–H and O–H groups in total. The molecule has 2 aromatic carbocycles. The van der Waals surface area contributed by atoms with Gasteiger partial charge in [0.1, 0.15) is 10.8 Å². The summed E-state index contributed by atoms with van der Waals surface area (Å²) >= 11 is 6.52. The minimum Gasteiger partial charge on any atom is -0.481 e. The molecule has 3 amide bonds. The van der Waals surface area contributed by atoms with Gasteiger partial charge in [-0.1, -0.05) is 29.8 Å². The van der Waals surface area contributed by atoms with Crippen LogP contribution >= 0.6 is 23.4 Å². The summed E-state index contributed by atoms with van der Waals surface area (Å²) in [5.74, 6) is -0.357. The zero-order chi connectivity index (χ0) is 24.1. The molecule has 1 aliphatic heterocycles. The number of hydrogen-bond donors (Lipinski definition) is 1.